The Morgan fingerprint density at radius 2 is 1.63 bits per heavy atom. The molecule has 0 aliphatic rings. The van der Waals surface area contributed by atoms with E-state index in [4.69, 9.17) is 4.74 Å². The molecule has 0 spiro atoms. The minimum Gasteiger partial charge on any atom is -0.497 e. The van der Waals surface area contributed by atoms with Crippen molar-refractivity contribution in [1.82, 2.24) is 10.2 Å². The predicted molar refractivity (Wildman–Crippen MR) is 163 cm³/mol. The van der Waals surface area contributed by atoms with Crippen LogP contribution in [0.3, 0.4) is 0 Å². The molecule has 1 N–H and O–H groups in total. The van der Waals surface area contributed by atoms with Gasteiger partial charge in [0.2, 0.25) is 21.8 Å². The number of sulfonamides is 1. The highest BCUT2D eigenvalue weighted by atomic mass is 32.2. The predicted octanol–water partition coefficient (Wildman–Crippen LogP) is 4.63. The Balaban J connectivity index is 2.09. The molecule has 0 aliphatic carbocycles. The van der Waals surface area contributed by atoms with Gasteiger partial charge in [-0.05, 0) is 62.1 Å². The molecular weight excluding hydrogens is 538 g/mol. The zero-order valence-corrected chi connectivity index (χ0v) is 25.6. The number of amides is 2. The summed E-state index contributed by atoms with van der Waals surface area (Å²) < 4.78 is 32.5. The van der Waals surface area contributed by atoms with Gasteiger partial charge >= 0.3 is 0 Å². The molecule has 9 heteroatoms. The van der Waals surface area contributed by atoms with Gasteiger partial charge in [-0.15, -0.1) is 0 Å². The molecule has 2 atom stereocenters. The van der Waals surface area contributed by atoms with E-state index in [-0.39, 0.29) is 24.9 Å². The minimum atomic E-state index is -3.83. The van der Waals surface area contributed by atoms with Gasteiger partial charge < -0.3 is 15.0 Å². The second-order valence-electron chi connectivity index (χ2n) is 10.5. The summed E-state index contributed by atoms with van der Waals surface area (Å²) >= 11 is 0. The highest BCUT2D eigenvalue weighted by molar-refractivity contribution is 7.92. The molecule has 0 aliphatic heterocycles. The number of hydrogen-bond donors (Lipinski definition) is 1. The van der Waals surface area contributed by atoms with E-state index in [1.165, 1.54) is 4.90 Å². The number of methoxy groups -OCH3 is 1. The first-order valence-corrected chi connectivity index (χ1v) is 15.6. The molecule has 220 valence electrons. The molecule has 0 heterocycles. The molecule has 0 aromatic heterocycles. The minimum absolute atomic E-state index is 0.0892. The Kier molecular flexibility index (Phi) is 10.9. The van der Waals surface area contributed by atoms with Gasteiger partial charge in [-0.1, -0.05) is 67.1 Å². The summed E-state index contributed by atoms with van der Waals surface area (Å²) in [7, 11) is -2.26. The number of rotatable bonds is 13. The van der Waals surface area contributed by atoms with E-state index in [1.807, 2.05) is 88.4 Å². The number of nitrogens with one attached hydrogen (secondary N) is 1. The number of nitrogens with zero attached hydrogens (tertiary/aromatic N) is 2. The molecule has 3 aromatic rings. The fourth-order valence-corrected chi connectivity index (χ4v) is 5.55. The number of anilines is 1. The van der Waals surface area contributed by atoms with Crippen molar-refractivity contribution in [3.63, 3.8) is 0 Å². The Hall–Kier alpha value is -3.85. The SMILES string of the molecule is CCC(C)NC(=O)C(Cc1ccccc1)N(Cc1cccc(OC)c1)C(=O)CN(c1ccc(C)cc1C)S(C)(=O)=O. The molecule has 2 unspecified atom stereocenters. The summed E-state index contributed by atoms with van der Waals surface area (Å²) in [5.74, 6) is -0.165. The maximum Gasteiger partial charge on any atom is 0.244 e. The van der Waals surface area contributed by atoms with E-state index < -0.39 is 28.5 Å². The first kappa shape index (κ1) is 31.7. The molecule has 0 saturated carbocycles. The Morgan fingerprint density at radius 1 is 0.951 bits per heavy atom. The van der Waals surface area contributed by atoms with Crippen LogP contribution in [0.1, 0.15) is 42.5 Å². The highest BCUT2D eigenvalue weighted by Gasteiger charge is 2.33. The lowest BCUT2D eigenvalue weighted by atomic mass is 10.0. The lowest BCUT2D eigenvalue weighted by Gasteiger charge is -2.34. The number of benzene rings is 3. The number of ether oxygens (including phenoxy) is 1. The molecule has 3 aromatic carbocycles. The summed E-state index contributed by atoms with van der Waals surface area (Å²) in [6, 6.07) is 21.2. The Morgan fingerprint density at radius 3 is 2.24 bits per heavy atom. The van der Waals surface area contributed by atoms with Crippen LogP contribution in [0, 0.1) is 13.8 Å². The normalized spacial score (nSPS) is 12.7. The number of hydrogen-bond acceptors (Lipinski definition) is 5. The van der Waals surface area contributed by atoms with E-state index in [2.05, 4.69) is 5.32 Å². The summed E-state index contributed by atoms with van der Waals surface area (Å²) in [6.07, 6.45) is 2.08. The van der Waals surface area contributed by atoms with Gasteiger partial charge in [-0.2, -0.15) is 0 Å². The average molecular weight is 580 g/mol. The van der Waals surface area contributed by atoms with Gasteiger partial charge in [-0.3, -0.25) is 13.9 Å². The van der Waals surface area contributed by atoms with Gasteiger partial charge in [0.1, 0.15) is 18.3 Å². The van der Waals surface area contributed by atoms with Crippen molar-refractivity contribution in [1.29, 1.82) is 0 Å². The van der Waals surface area contributed by atoms with Crippen LogP contribution in [-0.2, 0) is 32.6 Å². The molecular formula is C32H41N3O5S. The third kappa shape index (κ3) is 8.82. The van der Waals surface area contributed by atoms with E-state index in [0.29, 0.717) is 11.4 Å². The topological polar surface area (TPSA) is 96.0 Å². The fraction of sp³-hybridized carbons (Fsp3) is 0.375. The molecule has 0 fully saturated rings. The highest BCUT2D eigenvalue weighted by Crippen LogP contribution is 2.25. The number of carbonyl (C=O) groups excluding carboxylic acids is 2. The quantitative estimate of drug-likeness (QED) is 0.319. The van der Waals surface area contributed by atoms with E-state index in [0.717, 1.165) is 39.2 Å². The van der Waals surface area contributed by atoms with Crippen molar-refractivity contribution in [3.05, 3.63) is 95.1 Å². The van der Waals surface area contributed by atoms with Crippen LogP contribution >= 0.6 is 0 Å². The van der Waals surface area contributed by atoms with Crippen molar-refractivity contribution in [2.24, 2.45) is 0 Å². The summed E-state index contributed by atoms with van der Waals surface area (Å²) in [6.45, 7) is 7.27. The summed E-state index contributed by atoms with van der Waals surface area (Å²) in [4.78, 5) is 29.5. The first-order valence-electron chi connectivity index (χ1n) is 13.7. The van der Waals surface area contributed by atoms with Crippen LogP contribution in [0.4, 0.5) is 5.69 Å². The van der Waals surface area contributed by atoms with Crippen molar-refractivity contribution in [2.45, 2.75) is 59.2 Å². The van der Waals surface area contributed by atoms with Gasteiger partial charge in [0.05, 0.1) is 19.1 Å². The maximum atomic E-state index is 14.2. The monoisotopic (exact) mass is 579 g/mol. The summed E-state index contributed by atoms with van der Waals surface area (Å²) in [5, 5.41) is 3.03. The first-order chi connectivity index (χ1) is 19.4. The molecule has 3 rings (SSSR count). The van der Waals surface area contributed by atoms with Crippen LogP contribution in [0.15, 0.2) is 72.8 Å². The van der Waals surface area contributed by atoms with Gasteiger partial charge in [-0.25, -0.2) is 8.42 Å². The molecule has 8 nitrogen and oxygen atoms in total. The number of aryl methyl sites for hydroxylation is 2. The molecule has 2 amide bonds. The fourth-order valence-electron chi connectivity index (χ4n) is 4.64. The Bertz CT molecular complexity index is 1440. The zero-order valence-electron chi connectivity index (χ0n) is 24.8. The van der Waals surface area contributed by atoms with Gasteiger partial charge in [0, 0.05) is 19.0 Å². The second kappa shape index (κ2) is 14.2. The lowest BCUT2D eigenvalue weighted by Crippen LogP contribution is -2.54. The molecule has 0 radical (unpaired) electrons. The van der Waals surface area contributed by atoms with Crippen LogP contribution in [0.25, 0.3) is 0 Å². The van der Waals surface area contributed by atoms with Crippen molar-refractivity contribution in [2.75, 3.05) is 24.2 Å². The van der Waals surface area contributed by atoms with Crippen LogP contribution in [0.2, 0.25) is 0 Å². The smallest absolute Gasteiger partial charge is 0.244 e. The van der Waals surface area contributed by atoms with E-state index >= 15 is 0 Å². The van der Waals surface area contributed by atoms with Gasteiger partial charge in [0.25, 0.3) is 0 Å². The Labute approximate surface area is 244 Å². The second-order valence-corrected chi connectivity index (χ2v) is 12.4. The van der Waals surface area contributed by atoms with Gasteiger partial charge in [0.15, 0.2) is 0 Å². The van der Waals surface area contributed by atoms with Crippen LogP contribution in [0.5, 0.6) is 5.75 Å². The van der Waals surface area contributed by atoms with Crippen molar-refractivity contribution < 1.29 is 22.7 Å². The zero-order chi connectivity index (χ0) is 30.2. The van der Waals surface area contributed by atoms with E-state index in [1.54, 1.807) is 19.2 Å². The summed E-state index contributed by atoms with van der Waals surface area (Å²) in [5.41, 5.74) is 3.78. The molecule has 0 bridgehead atoms. The third-order valence-corrected chi connectivity index (χ3v) is 8.19. The molecule has 0 saturated heterocycles. The van der Waals surface area contributed by atoms with Crippen molar-refractivity contribution >= 4 is 27.5 Å². The van der Waals surface area contributed by atoms with Crippen molar-refractivity contribution in [3.8, 4) is 5.75 Å². The number of carbonyl (C=O) groups is 2. The lowest BCUT2D eigenvalue weighted by molar-refractivity contribution is -0.140. The average Bonchev–Trinajstić information content (AvgIpc) is 2.93. The largest absolute Gasteiger partial charge is 0.497 e. The van der Waals surface area contributed by atoms with E-state index in [9.17, 15) is 18.0 Å². The standard InChI is InChI=1S/C32H41N3O5S/c1-7-25(4)33-32(37)30(20-26-12-9-8-10-13-26)34(21-27-14-11-15-28(19-27)40-5)31(36)22-35(41(6,38)39)29-17-16-23(2)18-24(29)3/h8-19,25,30H,7,20-22H2,1-6H3,(H,33,37). The van der Waals surface area contributed by atoms with Crippen LogP contribution < -0.4 is 14.4 Å². The molecule has 41 heavy (non-hydrogen) atoms. The van der Waals surface area contributed by atoms with Crippen LogP contribution in [-0.4, -0.2) is 57.1 Å². The third-order valence-electron chi connectivity index (χ3n) is 7.06. The maximum absolute atomic E-state index is 14.2.